The summed E-state index contributed by atoms with van der Waals surface area (Å²) in [6, 6.07) is 8.85. The summed E-state index contributed by atoms with van der Waals surface area (Å²) in [6.07, 6.45) is 6.23. The van der Waals surface area contributed by atoms with E-state index >= 15 is 0 Å². The molecule has 3 aromatic rings. The SMILES string of the molecule is C[C@H](Cc1ccco1)NC(=O)COc1ccc2nc3n(c(=O)c2c1)CCCCC3. The van der Waals surface area contributed by atoms with Gasteiger partial charge in [-0.15, -0.1) is 0 Å². The normalized spacial score (nSPS) is 14.8. The maximum Gasteiger partial charge on any atom is 0.261 e. The number of ether oxygens (including phenoxy) is 1. The number of rotatable bonds is 6. The lowest BCUT2D eigenvalue weighted by molar-refractivity contribution is -0.123. The fraction of sp³-hybridized carbons (Fsp3) is 0.409. The minimum absolute atomic E-state index is 0.0335. The van der Waals surface area contributed by atoms with Crippen molar-refractivity contribution in [2.45, 2.75) is 51.6 Å². The first-order valence-corrected chi connectivity index (χ1v) is 10.1. The molecule has 0 fully saturated rings. The summed E-state index contributed by atoms with van der Waals surface area (Å²) >= 11 is 0. The topological polar surface area (TPSA) is 86.4 Å². The Labute approximate surface area is 168 Å². The van der Waals surface area contributed by atoms with E-state index in [2.05, 4.69) is 10.3 Å². The summed E-state index contributed by atoms with van der Waals surface area (Å²) in [5.74, 6) is 1.94. The summed E-state index contributed by atoms with van der Waals surface area (Å²) in [5, 5.41) is 3.41. The second-order valence-corrected chi connectivity index (χ2v) is 7.52. The fourth-order valence-corrected chi connectivity index (χ4v) is 3.73. The van der Waals surface area contributed by atoms with Crippen LogP contribution >= 0.6 is 0 Å². The van der Waals surface area contributed by atoms with Crippen LogP contribution in [0.3, 0.4) is 0 Å². The van der Waals surface area contributed by atoms with Crippen LogP contribution in [0.2, 0.25) is 0 Å². The molecule has 1 aliphatic rings. The molecule has 0 aliphatic carbocycles. The van der Waals surface area contributed by atoms with Crippen molar-refractivity contribution >= 4 is 16.8 Å². The Morgan fingerprint density at radius 3 is 3.03 bits per heavy atom. The highest BCUT2D eigenvalue weighted by molar-refractivity contribution is 5.80. The van der Waals surface area contributed by atoms with Crippen molar-refractivity contribution in [3.05, 3.63) is 58.5 Å². The van der Waals surface area contributed by atoms with E-state index < -0.39 is 0 Å². The van der Waals surface area contributed by atoms with Gasteiger partial charge >= 0.3 is 0 Å². The minimum Gasteiger partial charge on any atom is -0.484 e. The van der Waals surface area contributed by atoms with Crippen molar-refractivity contribution in [1.29, 1.82) is 0 Å². The molecular weight excluding hydrogens is 370 g/mol. The van der Waals surface area contributed by atoms with Gasteiger partial charge in [-0.1, -0.05) is 6.42 Å². The number of nitrogens with one attached hydrogen (secondary N) is 1. The zero-order chi connectivity index (χ0) is 20.2. The molecule has 0 unspecified atom stereocenters. The number of nitrogens with zero attached hydrogens (tertiary/aromatic N) is 2. The Morgan fingerprint density at radius 1 is 1.31 bits per heavy atom. The molecule has 1 amide bonds. The molecule has 0 saturated carbocycles. The highest BCUT2D eigenvalue weighted by Crippen LogP contribution is 2.19. The molecule has 0 saturated heterocycles. The lowest BCUT2D eigenvalue weighted by Crippen LogP contribution is -2.37. The summed E-state index contributed by atoms with van der Waals surface area (Å²) in [7, 11) is 0. The van der Waals surface area contributed by atoms with Gasteiger partial charge in [-0.3, -0.25) is 14.2 Å². The second kappa shape index (κ2) is 8.51. The van der Waals surface area contributed by atoms with Crippen LogP contribution in [0.1, 0.15) is 37.8 Å². The summed E-state index contributed by atoms with van der Waals surface area (Å²) < 4.78 is 12.7. The van der Waals surface area contributed by atoms with Crippen molar-refractivity contribution in [3.8, 4) is 5.75 Å². The zero-order valence-corrected chi connectivity index (χ0v) is 16.5. The third-order valence-corrected chi connectivity index (χ3v) is 5.15. The maximum absolute atomic E-state index is 12.9. The Bertz CT molecular complexity index is 1060. The predicted octanol–water partition coefficient (Wildman–Crippen LogP) is 2.84. The molecule has 7 nitrogen and oxygen atoms in total. The standard InChI is InChI=1S/C22H25N3O4/c1-15(12-16-6-5-11-28-16)23-21(26)14-29-17-8-9-19-18(13-17)22(27)25-10-4-2-3-7-20(25)24-19/h5-6,8-9,11,13,15H,2-4,7,10,12,14H2,1H3,(H,23,26)/t15-/m1/s1. The highest BCUT2D eigenvalue weighted by atomic mass is 16.5. The first-order valence-electron chi connectivity index (χ1n) is 10.1. The monoisotopic (exact) mass is 395 g/mol. The molecule has 152 valence electrons. The number of amides is 1. The number of benzene rings is 1. The fourth-order valence-electron chi connectivity index (χ4n) is 3.73. The third kappa shape index (κ3) is 4.50. The van der Waals surface area contributed by atoms with Crippen molar-refractivity contribution in [2.75, 3.05) is 6.61 Å². The van der Waals surface area contributed by atoms with E-state index in [0.29, 0.717) is 29.6 Å². The average molecular weight is 395 g/mol. The Hall–Kier alpha value is -3.09. The number of hydrogen-bond donors (Lipinski definition) is 1. The molecular formula is C22H25N3O4. The van der Waals surface area contributed by atoms with Crippen LogP contribution in [0, 0.1) is 0 Å². The Kier molecular flexibility index (Phi) is 5.64. The summed E-state index contributed by atoms with van der Waals surface area (Å²) in [4.78, 5) is 29.7. The van der Waals surface area contributed by atoms with Gasteiger partial charge in [0, 0.05) is 25.4 Å². The van der Waals surface area contributed by atoms with Crippen molar-refractivity contribution < 1.29 is 13.9 Å². The largest absolute Gasteiger partial charge is 0.484 e. The molecule has 7 heteroatoms. The van der Waals surface area contributed by atoms with Gasteiger partial charge in [0.05, 0.1) is 17.2 Å². The molecule has 0 radical (unpaired) electrons. The Balaban J connectivity index is 1.42. The van der Waals surface area contributed by atoms with Gasteiger partial charge in [-0.05, 0) is 50.1 Å². The number of hydrogen-bond acceptors (Lipinski definition) is 5. The average Bonchev–Trinajstić information content (AvgIpc) is 3.09. The van der Waals surface area contributed by atoms with Gasteiger partial charge in [-0.2, -0.15) is 0 Å². The van der Waals surface area contributed by atoms with Crippen molar-refractivity contribution in [3.63, 3.8) is 0 Å². The number of furan rings is 1. The molecule has 29 heavy (non-hydrogen) atoms. The highest BCUT2D eigenvalue weighted by Gasteiger charge is 2.15. The number of aryl methyl sites for hydroxylation is 1. The number of carbonyl (C=O) groups excluding carboxylic acids is 1. The Morgan fingerprint density at radius 2 is 2.21 bits per heavy atom. The molecule has 4 rings (SSSR count). The molecule has 2 aromatic heterocycles. The van der Waals surface area contributed by atoms with E-state index in [9.17, 15) is 9.59 Å². The zero-order valence-electron chi connectivity index (χ0n) is 16.5. The molecule has 1 aliphatic heterocycles. The number of carbonyl (C=O) groups is 1. The van der Waals surface area contributed by atoms with Crippen LogP contribution in [-0.4, -0.2) is 28.1 Å². The van der Waals surface area contributed by atoms with Gasteiger partial charge in [0.25, 0.3) is 11.5 Å². The summed E-state index contributed by atoms with van der Waals surface area (Å²) in [5.41, 5.74) is 0.640. The predicted molar refractivity (Wildman–Crippen MR) is 109 cm³/mol. The molecule has 1 aromatic carbocycles. The summed E-state index contributed by atoms with van der Waals surface area (Å²) in [6.45, 7) is 2.50. The van der Waals surface area contributed by atoms with E-state index in [4.69, 9.17) is 9.15 Å². The number of aromatic nitrogens is 2. The van der Waals surface area contributed by atoms with E-state index in [-0.39, 0.29) is 24.1 Å². The van der Waals surface area contributed by atoms with Gasteiger partial charge in [-0.25, -0.2) is 4.98 Å². The second-order valence-electron chi connectivity index (χ2n) is 7.52. The van der Waals surface area contributed by atoms with Crippen LogP contribution in [0.4, 0.5) is 0 Å². The van der Waals surface area contributed by atoms with Crippen LogP contribution in [-0.2, 0) is 24.2 Å². The van der Waals surface area contributed by atoms with Gasteiger partial charge in [0.1, 0.15) is 17.3 Å². The van der Waals surface area contributed by atoms with E-state index in [1.165, 1.54) is 0 Å². The molecule has 1 N–H and O–H groups in total. The van der Waals surface area contributed by atoms with Crippen LogP contribution < -0.4 is 15.6 Å². The van der Waals surface area contributed by atoms with Gasteiger partial charge in [0.15, 0.2) is 6.61 Å². The quantitative estimate of drug-likeness (QED) is 0.694. The van der Waals surface area contributed by atoms with Crippen molar-refractivity contribution in [1.82, 2.24) is 14.9 Å². The third-order valence-electron chi connectivity index (χ3n) is 5.15. The van der Waals surface area contributed by atoms with Gasteiger partial charge < -0.3 is 14.5 Å². The first-order chi connectivity index (χ1) is 14.1. The lowest BCUT2D eigenvalue weighted by Gasteiger charge is -2.14. The van der Waals surface area contributed by atoms with Crippen molar-refractivity contribution in [2.24, 2.45) is 0 Å². The van der Waals surface area contributed by atoms with E-state index in [1.54, 1.807) is 29.0 Å². The first kappa shape index (κ1) is 19.2. The van der Waals surface area contributed by atoms with Crippen LogP contribution in [0.25, 0.3) is 10.9 Å². The molecule has 0 bridgehead atoms. The van der Waals surface area contributed by atoms with Crippen LogP contribution in [0.5, 0.6) is 5.75 Å². The smallest absolute Gasteiger partial charge is 0.261 e. The van der Waals surface area contributed by atoms with Gasteiger partial charge in [0.2, 0.25) is 0 Å². The van der Waals surface area contributed by atoms with E-state index in [0.717, 1.165) is 37.3 Å². The molecule has 0 spiro atoms. The maximum atomic E-state index is 12.9. The number of fused-ring (bicyclic) bond motifs is 2. The molecule has 1 atom stereocenters. The lowest BCUT2D eigenvalue weighted by atomic mass is 10.2. The molecule has 3 heterocycles. The van der Waals surface area contributed by atoms with Crippen LogP contribution in [0.15, 0.2) is 45.8 Å². The van der Waals surface area contributed by atoms with E-state index in [1.807, 2.05) is 19.1 Å². The minimum atomic E-state index is -0.221.